The number of rotatable bonds is 7. The van der Waals surface area contributed by atoms with Crippen LogP contribution in [0.1, 0.15) is 5.56 Å². The van der Waals surface area contributed by atoms with Gasteiger partial charge in [0.1, 0.15) is 6.61 Å². The van der Waals surface area contributed by atoms with Crippen LogP contribution in [0.15, 0.2) is 30.3 Å². The molecule has 0 aliphatic rings. The summed E-state index contributed by atoms with van der Waals surface area (Å²) in [4.78, 5) is 0. The molecule has 0 amide bonds. The Labute approximate surface area is 111 Å². The number of halogens is 2. The van der Waals surface area contributed by atoms with E-state index in [1.54, 1.807) is 35.1 Å². The molecule has 0 aromatic heterocycles. The molecule has 0 aliphatic heterocycles. The summed E-state index contributed by atoms with van der Waals surface area (Å²) in [5.41, 5.74) is 0.740. The molecular weight excluding hydrogens is 278 g/mol. The molecule has 0 saturated heterocycles. The van der Waals surface area contributed by atoms with E-state index in [1.807, 2.05) is 0 Å². The lowest BCUT2D eigenvalue weighted by atomic mass is 10.2. The van der Waals surface area contributed by atoms with Crippen molar-refractivity contribution in [3.8, 4) is 0 Å². The van der Waals surface area contributed by atoms with Crippen LogP contribution in [0.4, 0.5) is 8.78 Å². The number of hydrogen-bond donors (Lipinski definition) is 2. The number of aliphatic hydroxyl groups excluding tert-OH is 1. The van der Waals surface area contributed by atoms with E-state index in [0.717, 1.165) is 9.87 Å². The monoisotopic (exact) mass is 294 g/mol. The highest BCUT2D eigenvalue weighted by atomic mass is 32.2. The van der Waals surface area contributed by atoms with Crippen LogP contribution in [0.2, 0.25) is 0 Å². The third-order valence-corrected chi connectivity index (χ3v) is 3.86. The number of benzene rings is 1. The molecular formula is C11H16F2N2O3S. The van der Waals surface area contributed by atoms with Crippen LogP contribution in [0.25, 0.3) is 0 Å². The van der Waals surface area contributed by atoms with Crippen LogP contribution in [0.3, 0.4) is 0 Å². The Morgan fingerprint density at radius 1 is 1.32 bits per heavy atom. The number of aliphatic hydroxyl groups is 1. The Morgan fingerprint density at radius 3 is 2.42 bits per heavy atom. The first-order chi connectivity index (χ1) is 8.77. The van der Waals surface area contributed by atoms with Crippen LogP contribution in [-0.4, -0.2) is 44.0 Å². The molecule has 0 fully saturated rings. The lowest BCUT2D eigenvalue weighted by Crippen LogP contribution is -2.44. The van der Waals surface area contributed by atoms with Crippen molar-refractivity contribution in [1.29, 1.82) is 0 Å². The van der Waals surface area contributed by atoms with Gasteiger partial charge in [-0.05, 0) is 5.56 Å². The summed E-state index contributed by atoms with van der Waals surface area (Å²) in [7, 11) is -2.73. The van der Waals surface area contributed by atoms with Gasteiger partial charge in [0.05, 0.1) is 6.54 Å². The van der Waals surface area contributed by atoms with Crippen molar-refractivity contribution in [3.63, 3.8) is 0 Å². The van der Waals surface area contributed by atoms with Gasteiger partial charge in [-0.3, -0.25) is 0 Å². The maximum atomic E-state index is 12.8. The summed E-state index contributed by atoms with van der Waals surface area (Å²) in [5.74, 6) is -3.47. The van der Waals surface area contributed by atoms with E-state index in [0.29, 0.717) is 0 Å². The zero-order valence-corrected chi connectivity index (χ0v) is 11.2. The highest BCUT2D eigenvalue weighted by molar-refractivity contribution is 7.87. The van der Waals surface area contributed by atoms with Crippen molar-refractivity contribution in [2.24, 2.45) is 0 Å². The van der Waals surface area contributed by atoms with Crippen molar-refractivity contribution in [1.82, 2.24) is 9.03 Å². The predicted octanol–water partition coefficient (Wildman–Crippen LogP) is 0.580. The smallest absolute Gasteiger partial charge is 0.283 e. The molecule has 108 valence electrons. The topological polar surface area (TPSA) is 69.6 Å². The van der Waals surface area contributed by atoms with Crippen molar-refractivity contribution in [2.75, 3.05) is 20.2 Å². The minimum atomic E-state index is -4.01. The van der Waals surface area contributed by atoms with Gasteiger partial charge in [-0.1, -0.05) is 30.3 Å². The number of nitrogens with one attached hydrogen (secondary N) is 1. The molecule has 1 aromatic carbocycles. The van der Waals surface area contributed by atoms with E-state index >= 15 is 0 Å². The fraction of sp³-hybridized carbons (Fsp3) is 0.455. The molecule has 8 heteroatoms. The second-order valence-corrected chi connectivity index (χ2v) is 5.94. The molecule has 1 aromatic rings. The number of alkyl halides is 2. The third kappa shape index (κ3) is 5.19. The molecule has 0 atom stereocenters. The van der Waals surface area contributed by atoms with Gasteiger partial charge in [0.2, 0.25) is 0 Å². The van der Waals surface area contributed by atoms with Crippen LogP contribution >= 0.6 is 0 Å². The second kappa shape index (κ2) is 6.38. The molecule has 19 heavy (non-hydrogen) atoms. The summed E-state index contributed by atoms with van der Waals surface area (Å²) in [6, 6.07) is 8.76. The molecule has 0 radical (unpaired) electrons. The van der Waals surface area contributed by atoms with Gasteiger partial charge in [0, 0.05) is 13.6 Å². The first-order valence-electron chi connectivity index (χ1n) is 5.50. The molecule has 0 heterocycles. The van der Waals surface area contributed by atoms with Gasteiger partial charge in [-0.15, -0.1) is 0 Å². The summed E-state index contributed by atoms with van der Waals surface area (Å²) >= 11 is 0. The lowest BCUT2D eigenvalue weighted by molar-refractivity contribution is -0.0439. The van der Waals surface area contributed by atoms with Crippen LogP contribution in [0, 0.1) is 0 Å². The Morgan fingerprint density at radius 2 is 1.89 bits per heavy atom. The predicted molar refractivity (Wildman–Crippen MR) is 66.9 cm³/mol. The first-order valence-corrected chi connectivity index (χ1v) is 6.94. The van der Waals surface area contributed by atoms with Gasteiger partial charge in [-0.2, -0.15) is 17.4 Å². The summed E-state index contributed by atoms with van der Waals surface area (Å²) in [6.45, 7) is -2.47. The zero-order valence-electron chi connectivity index (χ0n) is 10.4. The fourth-order valence-electron chi connectivity index (χ4n) is 1.29. The third-order valence-electron chi connectivity index (χ3n) is 2.40. The molecule has 0 spiro atoms. The van der Waals surface area contributed by atoms with Crippen molar-refractivity contribution >= 4 is 10.2 Å². The van der Waals surface area contributed by atoms with Crippen molar-refractivity contribution in [2.45, 2.75) is 12.5 Å². The zero-order chi connectivity index (χ0) is 14.5. The molecule has 0 unspecified atom stereocenters. The lowest BCUT2D eigenvalue weighted by Gasteiger charge is -2.20. The van der Waals surface area contributed by atoms with E-state index in [2.05, 4.69) is 0 Å². The Balaban J connectivity index is 2.62. The highest BCUT2D eigenvalue weighted by Crippen LogP contribution is 2.12. The van der Waals surface area contributed by atoms with Gasteiger partial charge in [0.15, 0.2) is 0 Å². The molecule has 5 nitrogen and oxygen atoms in total. The van der Waals surface area contributed by atoms with Crippen LogP contribution < -0.4 is 4.72 Å². The SMILES string of the molecule is CN(Cc1ccccc1)S(=O)(=O)NCC(F)(F)CO. The Kier molecular flexibility index (Phi) is 5.36. The van der Waals surface area contributed by atoms with Crippen LogP contribution in [0.5, 0.6) is 0 Å². The average Bonchev–Trinajstić information content (AvgIpc) is 2.38. The van der Waals surface area contributed by atoms with Crippen LogP contribution in [-0.2, 0) is 16.8 Å². The van der Waals surface area contributed by atoms with Gasteiger partial charge in [-0.25, -0.2) is 8.78 Å². The van der Waals surface area contributed by atoms with E-state index in [9.17, 15) is 17.2 Å². The van der Waals surface area contributed by atoms with Crippen molar-refractivity contribution < 1.29 is 22.3 Å². The molecule has 2 N–H and O–H groups in total. The fourth-order valence-corrected chi connectivity index (χ4v) is 2.22. The minimum absolute atomic E-state index is 0.0703. The average molecular weight is 294 g/mol. The highest BCUT2D eigenvalue weighted by Gasteiger charge is 2.30. The molecule has 0 saturated carbocycles. The number of nitrogens with zero attached hydrogens (tertiary/aromatic N) is 1. The van der Waals surface area contributed by atoms with Gasteiger partial charge < -0.3 is 5.11 Å². The summed E-state index contributed by atoms with van der Waals surface area (Å²) < 4.78 is 51.6. The standard InChI is InChI=1S/C11H16F2N2O3S/c1-15(7-10-5-3-2-4-6-10)19(17,18)14-8-11(12,13)9-16/h2-6,14,16H,7-9H2,1H3. The number of hydrogen-bond acceptors (Lipinski definition) is 3. The Bertz CT molecular complexity index is 494. The quantitative estimate of drug-likeness (QED) is 0.773. The Hall–Kier alpha value is -1.09. The van der Waals surface area contributed by atoms with Gasteiger partial charge >= 0.3 is 0 Å². The second-order valence-electron chi connectivity index (χ2n) is 4.08. The largest absolute Gasteiger partial charge is 0.390 e. The normalized spacial score (nSPS) is 12.9. The molecule has 0 bridgehead atoms. The maximum Gasteiger partial charge on any atom is 0.283 e. The van der Waals surface area contributed by atoms with E-state index in [4.69, 9.17) is 5.11 Å². The van der Waals surface area contributed by atoms with E-state index in [1.165, 1.54) is 7.05 Å². The van der Waals surface area contributed by atoms with E-state index < -0.39 is 29.3 Å². The maximum absolute atomic E-state index is 12.8. The minimum Gasteiger partial charge on any atom is -0.390 e. The molecule has 0 aliphatic carbocycles. The van der Waals surface area contributed by atoms with Crippen molar-refractivity contribution in [3.05, 3.63) is 35.9 Å². The van der Waals surface area contributed by atoms with Gasteiger partial charge in [0.25, 0.3) is 16.1 Å². The summed E-state index contributed by atoms with van der Waals surface area (Å²) in [6.07, 6.45) is 0. The first kappa shape index (κ1) is 16.0. The molecule has 1 rings (SSSR count). The summed E-state index contributed by atoms with van der Waals surface area (Å²) in [5, 5.41) is 8.37. The van der Waals surface area contributed by atoms with E-state index in [-0.39, 0.29) is 6.54 Å².